The van der Waals surface area contributed by atoms with Gasteiger partial charge in [-0.3, -0.25) is 0 Å². The van der Waals surface area contributed by atoms with Crippen molar-refractivity contribution in [2.45, 2.75) is 39.5 Å². The van der Waals surface area contributed by atoms with Gasteiger partial charge >= 0.3 is 0 Å². The van der Waals surface area contributed by atoms with Crippen LogP contribution in [0.25, 0.3) is 0 Å². The Balaban J connectivity index is 0. The molecule has 0 heterocycles. The largest absolute Gasteiger partial charge is 0.330 e. The third-order valence-electron chi connectivity index (χ3n) is 2.03. The van der Waals surface area contributed by atoms with Gasteiger partial charge in [-0.1, -0.05) is 20.3 Å². The fourth-order valence-corrected chi connectivity index (χ4v) is 0.956. The average molecular weight is 232 g/mol. The van der Waals surface area contributed by atoms with Crippen LogP contribution in [0.5, 0.6) is 0 Å². The van der Waals surface area contributed by atoms with Gasteiger partial charge in [-0.05, 0) is 45.4 Å². The molecule has 0 aromatic rings. The maximum Gasteiger partial charge on any atom is 0.00767 e. The highest BCUT2D eigenvalue weighted by molar-refractivity contribution is 4.52. The van der Waals surface area contributed by atoms with E-state index in [1.165, 1.54) is 12.8 Å². The van der Waals surface area contributed by atoms with Gasteiger partial charge in [0.15, 0.2) is 0 Å². The molecule has 4 nitrogen and oxygen atoms in total. The third-order valence-corrected chi connectivity index (χ3v) is 2.03. The average Bonchev–Trinajstić information content (AvgIpc) is 2.33. The molecule has 0 aromatic carbocycles. The molecule has 16 heavy (non-hydrogen) atoms. The van der Waals surface area contributed by atoms with Crippen molar-refractivity contribution in [1.82, 2.24) is 10.6 Å². The molecule has 0 unspecified atom stereocenters. The van der Waals surface area contributed by atoms with E-state index < -0.39 is 0 Å². The van der Waals surface area contributed by atoms with E-state index in [0.29, 0.717) is 0 Å². The Labute approximate surface area is 102 Å². The van der Waals surface area contributed by atoms with Crippen molar-refractivity contribution >= 4 is 0 Å². The Bertz CT molecular complexity index is 87.0. The van der Waals surface area contributed by atoms with Crippen LogP contribution in [0.3, 0.4) is 0 Å². The molecule has 0 amide bonds. The van der Waals surface area contributed by atoms with Gasteiger partial charge in [0.25, 0.3) is 0 Å². The minimum absolute atomic E-state index is 0.788. The van der Waals surface area contributed by atoms with Gasteiger partial charge in [-0.15, -0.1) is 0 Å². The standard InChI is InChI=1S/C9H23N3.C3H9N/c1-2-3-6-11-8-9-12-7-4-5-10;1-2-3-4/h11-12H,2-10H2,1H3;2-4H2,1H3. The number of unbranched alkanes of at least 4 members (excludes halogenated alkanes) is 1. The predicted molar refractivity (Wildman–Crippen MR) is 73.7 cm³/mol. The Kier molecular flexibility index (Phi) is 23.1. The van der Waals surface area contributed by atoms with Gasteiger partial charge in [0, 0.05) is 13.1 Å². The number of hydrogen-bond donors (Lipinski definition) is 4. The van der Waals surface area contributed by atoms with E-state index in [9.17, 15) is 0 Å². The van der Waals surface area contributed by atoms with Gasteiger partial charge < -0.3 is 22.1 Å². The van der Waals surface area contributed by atoms with Gasteiger partial charge in [-0.2, -0.15) is 0 Å². The highest BCUT2D eigenvalue weighted by Gasteiger charge is 1.86. The van der Waals surface area contributed by atoms with Crippen LogP contribution in [0, 0.1) is 0 Å². The molecule has 6 N–H and O–H groups in total. The molecule has 0 radical (unpaired) electrons. The number of nitrogens with two attached hydrogens (primary N) is 2. The number of rotatable bonds is 10. The van der Waals surface area contributed by atoms with Crippen molar-refractivity contribution in [3.63, 3.8) is 0 Å². The van der Waals surface area contributed by atoms with Crippen LogP contribution in [0.2, 0.25) is 0 Å². The molecular formula is C12H32N4. The molecule has 0 fully saturated rings. The van der Waals surface area contributed by atoms with E-state index in [0.717, 1.165) is 52.1 Å². The molecule has 4 heteroatoms. The number of hydrogen-bond acceptors (Lipinski definition) is 4. The minimum Gasteiger partial charge on any atom is -0.330 e. The van der Waals surface area contributed by atoms with Crippen LogP contribution in [-0.2, 0) is 0 Å². The van der Waals surface area contributed by atoms with Crippen molar-refractivity contribution in [3.05, 3.63) is 0 Å². The van der Waals surface area contributed by atoms with Crippen molar-refractivity contribution in [3.8, 4) is 0 Å². The summed E-state index contributed by atoms with van der Waals surface area (Å²) in [5, 5.41) is 6.69. The normalized spacial score (nSPS) is 9.75. The summed E-state index contributed by atoms with van der Waals surface area (Å²) in [7, 11) is 0. The molecule has 100 valence electrons. The van der Waals surface area contributed by atoms with E-state index in [4.69, 9.17) is 11.5 Å². The van der Waals surface area contributed by atoms with E-state index in [-0.39, 0.29) is 0 Å². The monoisotopic (exact) mass is 232 g/mol. The first kappa shape index (κ1) is 18.2. The van der Waals surface area contributed by atoms with Gasteiger partial charge in [0.05, 0.1) is 0 Å². The summed E-state index contributed by atoms with van der Waals surface area (Å²) in [4.78, 5) is 0. The lowest BCUT2D eigenvalue weighted by atomic mass is 10.3. The van der Waals surface area contributed by atoms with Crippen molar-refractivity contribution in [2.75, 3.05) is 39.3 Å². The predicted octanol–water partition coefficient (Wildman–Crippen LogP) is 0.670. The molecule has 0 bridgehead atoms. The second kappa shape index (κ2) is 20.3. The molecule has 0 rings (SSSR count). The first-order chi connectivity index (χ1) is 7.83. The van der Waals surface area contributed by atoms with Gasteiger partial charge in [0.1, 0.15) is 0 Å². The van der Waals surface area contributed by atoms with Crippen LogP contribution >= 0.6 is 0 Å². The number of nitrogens with one attached hydrogen (secondary N) is 2. The first-order valence-corrected chi connectivity index (χ1v) is 6.64. The molecule has 0 aromatic heterocycles. The lowest BCUT2D eigenvalue weighted by Crippen LogP contribution is -2.29. The lowest BCUT2D eigenvalue weighted by Gasteiger charge is -2.04. The summed E-state index contributed by atoms with van der Waals surface area (Å²) in [6, 6.07) is 0. The SMILES string of the molecule is CCCCNCCNCCCN.CCCN. The molecular weight excluding hydrogens is 200 g/mol. The topological polar surface area (TPSA) is 76.1 Å². The van der Waals surface area contributed by atoms with Crippen molar-refractivity contribution in [2.24, 2.45) is 11.5 Å². The minimum atomic E-state index is 0.788. The van der Waals surface area contributed by atoms with Crippen molar-refractivity contribution in [1.29, 1.82) is 0 Å². The highest BCUT2D eigenvalue weighted by Crippen LogP contribution is 1.80. The fourth-order valence-electron chi connectivity index (χ4n) is 0.956. The molecule has 0 aliphatic carbocycles. The molecule has 0 atom stereocenters. The van der Waals surface area contributed by atoms with Gasteiger partial charge in [0.2, 0.25) is 0 Å². The first-order valence-electron chi connectivity index (χ1n) is 6.64. The van der Waals surface area contributed by atoms with Crippen LogP contribution < -0.4 is 22.1 Å². The van der Waals surface area contributed by atoms with Gasteiger partial charge in [-0.25, -0.2) is 0 Å². The second-order valence-corrected chi connectivity index (χ2v) is 3.78. The Morgan fingerprint density at radius 2 is 1.19 bits per heavy atom. The van der Waals surface area contributed by atoms with E-state index in [1.54, 1.807) is 0 Å². The maximum absolute atomic E-state index is 5.35. The Hall–Kier alpha value is -0.160. The highest BCUT2D eigenvalue weighted by atomic mass is 14.9. The van der Waals surface area contributed by atoms with Crippen LogP contribution in [-0.4, -0.2) is 39.3 Å². The smallest absolute Gasteiger partial charge is 0.00767 e. The van der Waals surface area contributed by atoms with Crippen LogP contribution in [0.1, 0.15) is 39.5 Å². The second-order valence-electron chi connectivity index (χ2n) is 3.78. The van der Waals surface area contributed by atoms with E-state index in [2.05, 4.69) is 24.5 Å². The van der Waals surface area contributed by atoms with E-state index >= 15 is 0 Å². The Morgan fingerprint density at radius 1 is 0.688 bits per heavy atom. The van der Waals surface area contributed by atoms with E-state index in [1.807, 2.05) is 0 Å². The summed E-state index contributed by atoms with van der Waals surface area (Å²) in [5.74, 6) is 0. The lowest BCUT2D eigenvalue weighted by molar-refractivity contribution is 0.585. The summed E-state index contributed by atoms with van der Waals surface area (Å²) < 4.78 is 0. The van der Waals surface area contributed by atoms with Crippen LogP contribution in [0.4, 0.5) is 0 Å². The molecule has 0 aliphatic rings. The van der Waals surface area contributed by atoms with Crippen molar-refractivity contribution < 1.29 is 0 Å². The molecule has 0 saturated heterocycles. The zero-order chi connectivity index (χ0) is 12.5. The molecule has 0 aliphatic heterocycles. The maximum atomic E-state index is 5.35. The summed E-state index contributed by atoms with van der Waals surface area (Å²) >= 11 is 0. The quantitative estimate of drug-likeness (QED) is 0.418. The summed E-state index contributed by atoms with van der Waals surface area (Å²) in [5.41, 5.74) is 10.4. The molecule has 0 spiro atoms. The third kappa shape index (κ3) is 23.6. The molecule has 0 saturated carbocycles. The fraction of sp³-hybridized carbons (Fsp3) is 1.00. The zero-order valence-corrected chi connectivity index (χ0v) is 11.2. The summed E-state index contributed by atoms with van der Waals surface area (Å²) in [6.07, 6.45) is 4.73. The zero-order valence-electron chi connectivity index (χ0n) is 11.2. The Morgan fingerprint density at radius 3 is 1.56 bits per heavy atom. The summed E-state index contributed by atoms with van der Waals surface area (Å²) in [6.45, 7) is 10.2. The van der Waals surface area contributed by atoms with Crippen LogP contribution in [0.15, 0.2) is 0 Å².